The molecule has 0 saturated carbocycles. The second-order valence-electron chi connectivity index (χ2n) is 9.71. The van der Waals surface area contributed by atoms with Crippen molar-refractivity contribution in [1.82, 2.24) is 19.9 Å². The van der Waals surface area contributed by atoms with Crippen molar-refractivity contribution in [3.8, 4) is 39.4 Å². The summed E-state index contributed by atoms with van der Waals surface area (Å²) in [6.45, 7) is 0. The van der Waals surface area contributed by atoms with Gasteiger partial charge in [0, 0.05) is 16.9 Å². The van der Waals surface area contributed by atoms with Gasteiger partial charge in [-0.25, -0.2) is 0 Å². The van der Waals surface area contributed by atoms with Crippen LogP contribution in [0.4, 0.5) is 0 Å². The predicted octanol–water partition coefficient (Wildman–Crippen LogP) is 7.62. The monoisotopic (exact) mass is 628 g/mol. The average Bonchev–Trinajstić information content (AvgIpc) is 3.05. The summed E-state index contributed by atoms with van der Waals surface area (Å²) in [6, 6.07) is 34.6. The SMILES string of the molecule is COc1ccc(-c2ccc(-c3cc4ncccc4c(=O)[nH]3)cc2)cc1.O=c1[nH]c(-c2ccc(Br)cc2)cc2ncccc12. The molecule has 0 saturated heterocycles. The largest absolute Gasteiger partial charge is 0.497 e. The maximum atomic E-state index is 12.2. The summed E-state index contributed by atoms with van der Waals surface area (Å²) in [4.78, 5) is 38.4. The number of nitrogens with zero attached hydrogens (tertiary/aromatic N) is 2. The summed E-state index contributed by atoms with van der Waals surface area (Å²) in [5, 5.41) is 1.21. The maximum absolute atomic E-state index is 12.2. The molecule has 0 radical (unpaired) electrons. The van der Waals surface area contributed by atoms with Gasteiger partial charge >= 0.3 is 0 Å². The Hall–Kier alpha value is -5.34. The number of ether oxygens (including phenoxy) is 1. The molecule has 7 nitrogen and oxygen atoms in total. The Morgan fingerprint density at radius 1 is 0.581 bits per heavy atom. The van der Waals surface area contributed by atoms with E-state index in [1.165, 1.54) is 0 Å². The van der Waals surface area contributed by atoms with Crippen LogP contribution in [-0.4, -0.2) is 27.0 Å². The third-order valence-corrected chi connectivity index (χ3v) is 7.53. The van der Waals surface area contributed by atoms with Crippen molar-refractivity contribution >= 4 is 37.7 Å². The minimum absolute atomic E-state index is 0.112. The molecule has 0 unspecified atom stereocenters. The fraction of sp³-hybridized carbons (Fsp3) is 0.0286. The Morgan fingerprint density at radius 2 is 1.00 bits per heavy atom. The summed E-state index contributed by atoms with van der Waals surface area (Å²) in [6.07, 6.45) is 3.38. The number of H-pyrrole nitrogens is 2. The van der Waals surface area contributed by atoms with Crippen LogP contribution in [0, 0.1) is 0 Å². The first kappa shape index (κ1) is 27.8. The lowest BCUT2D eigenvalue weighted by Gasteiger charge is -2.07. The van der Waals surface area contributed by atoms with Crippen molar-refractivity contribution in [2.75, 3.05) is 7.11 Å². The fourth-order valence-corrected chi connectivity index (χ4v) is 5.00. The van der Waals surface area contributed by atoms with Crippen molar-refractivity contribution in [3.05, 3.63) is 147 Å². The number of aromatic amines is 2. The van der Waals surface area contributed by atoms with E-state index in [1.807, 2.05) is 84.9 Å². The van der Waals surface area contributed by atoms with E-state index < -0.39 is 0 Å². The van der Waals surface area contributed by atoms with Crippen LogP contribution in [-0.2, 0) is 0 Å². The predicted molar refractivity (Wildman–Crippen MR) is 175 cm³/mol. The molecule has 0 aliphatic heterocycles. The van der Waals surface area contributed by atoms with Gasteiger partial charge in [-0.15, -0.1) is 0 Å². The molecule has 0 aliphatic rings. The van der Waals surface area contributed by atoms with Gasteiger partial charge < -0.3 is 14.7 Å². The van der Waals surface area contributed by atoms with Gasteiger partial charge in [-0.1, -0.05) is 64.5 Å². The maximum Gasteiger partial charge on any atom is 0.257 e. The number of rotatable bonds is 4. The summed E-state index contributed by atoms with van der Waals surface area (Å²) in [5.74, 6) is 0.835. The number of hydrogen-bond acceptors (Lipinski definition) is 5. The quantitative estimate of drug-likeness (QED) is 0.209. The Morgan fingerprint density at radius 3 is 1.47 bits per heavy atom. The van der Waals surface area contributed by atoms with Crippen LogP contribution in [0.1, 0.15) is 0 Å². The van der Waals surface area contributed by atoms with Gasteiger partial charge in [0.25, 0.3) is 11.1 Å². The summed E-state index contributed by atoms with van der Waals surface area (Å²) < 4.78 is 6.20. The van der Waals surface area contributed by atoms with Crippen LogP contribution in [0.25, 0.3) is 55.4 Å². The van der Waals surface area contributed by atoms with E-state index in [1.54, 1.807) is 43.8 Å². The highest BCUT2D eigenvalue weighted by molar-refractivity contribution is 9.10. The van der Waals surface area contributed by atoms with Gasteiger partial charge in [0.2, 0.25) is 0 Å². The number of benzene rings is 3. The zero-order valence-corrected chi connectivity index (χ0v) is 24.6. The molecule has 4 heterocycles. The standard InChI is InChI=1S/C21H16N2O2.C14H9BrN2O/c1-25-17-10-8-15(9-11-17)14-4-6-16(7-5-14)19-13-20-18(21(24)23-19)3-2-12-22-20;15-10-5-3-9(4-6-10)12-8-13-11(14(18)17-12)2-1-7-16-13/h2-13H,1H3,(H,23,24);1-8H,(H,17,18). The van der Waals surface area contributed by atoms with Crippen LogP contribution in [0.15, 0.2) is 136 Å². The van der Waals surface area contributed by atoms with Crippen molar-refractivity contribution < 1.29 is 4.74 Å². The highest BCUT2D eigenvalue weighted by atomic mass is 79.9. The van der Waals surface area contributed by atoms with Gasteiger partial charge in [-0.05, 0) is 82.9 Å². The van der Waals surface area contributed by atoms with Gasteiger partial charge in [-0.2, -0.15) is 0 Å². The minimum atomic E-state index is -0.125. The number of aromatic nitrogens is 4. The highest BCUT2D eigenvalue weighted by Gasteiger charge is 2.06. The first-order valence-corrected chi connectivity index (χ1v) is 14.2. The molecule has 7 aromatic rings. The molecule has 0 atom stereocenters. The third-order valence-electron chi connectivity index (χ3n) is 7.00. The molecule has 0 amide bonds. The number of fused-ring (bicyclic) bond motifs is 2. The lowest BCUT2D eigenvalue weighted by Crippen LogP contribution is -2.07. The minimum Gasteiger partial charge on any atom is -0.497 e. The van der Waals surface area contributed by atoms with E-state index in [0.717, 1.165) is 43.9 Å². The molecule has 7 rings (SSSR count). The van der Waals surface area contributed by atoms with Crippen LogP contribution < -0.4 is 15.9 Å². The molecule has 4 aromatic heterocycles. The normalized spacial score (nSPS) is 10.7. The number of pyridine rings is 4. The van der Waals surface area contributed by atoms with Crippen LogP contribution in [0.3, 0.4) is 0 Å². The van der Waals surface area contributed by atoms with Crippen molar-refractivity contribution in [2.45, 2.75) is 0 Å². The molecule has 210 valence electrons. The average molecular weight is 630 g/mol. The lowest BCUT2D eigenvalue weighted by molar-refractivity contribution is 0.415. The van der Waals surface area contributed by atoms with Gasteiger partial charge in [0.1, 0.15) is 5.75 Å². The Balaban J connectivity index is 0.000000162. The molecular formula is C35H25BrN4O3. The fourth-order valence-electron chi connectivity index (χ4n) is 4.74. The molecule has 43 heavy (non-hydrogen) atoms. The first-order valence-electron chi connectivity index (χ1n) is 13.5. The van der Waals surface area contributed by atoms with E-state index >= 15 is 0 Å². The summed E-state index contributed by atoms with van der Waals surface area (Å²) >= 11 is 3.39. The molecule has 3 aromatic carbocycles. The van der Waals surface area contributed by atoms with Gasteiger partial charge in [0.05, 0.1) is 40.3 Å². The lowest BCUT2D eigenvalue weighted by atomic mass is 10.0. The van der Waals surface area contributed by atoms with Crippen molar-refractivity contribution in [1.29, 1.82) is 0 Å². The summed E-state index contributed by atoms with van der Waals surface area (Å²) in [5.41, 5.74) is 6.83. The second-order valence-corrected chi connectivity index (χ2v) is 10.6. The molecule has 0 spiro atoms. The molecule has 0 aliphatic carbocycles. The third kappa shape index (κ3) is 6.14. The van der Waals surface area contributed by atoms with E-state index in [9.17, 15) is 9.59 Å². The van der Waals surface area contributed by atoms with Gasteiger partial charge in [-0.3, -0.25) is 19.6 Å². The van der Waals surface area contributed by atoms with Crippen LogP contribution >= 0.6 is 15.9 Å². The molecular weight excluding hydrogens is 604 g/mol. The van der Waals surface area contributed by atoms with Crippen LogP contribution in [0.2, 0.25) is 0 Å². The highest BCUT2D eigenvalue weighted by Crippen LogP contribution is 2.26. The van der Waals surface area contributed by atoms with Crippen LogP contribution in [0.5, 0.6) is 5.75 Å². The Kier molecular flexibility index (Phi) is 7.93. The topological polar surface area (TPSA) is 101 Å². The smallest absolute Gasteiger partial charge is 0.257 e. The zero-order chi connectivity index (χ0) is 29.8. The molecule has 0 fully saturated rings. The molecule has 0 bridgehead atoms. The zero-order valence-electron chi connectivity index (χ0n) is 23.0. The van der Waals surface area contributed by atoms with E-state index in [0.29, 0.717) is 21.8 Å². The van der Waals surface area contributed by atoms with E-state index in [4.69, 9.17) is 4.74 Å². The Labute approximate surface area is 255 Å². The van der Waals surface area contributed by atoms with Gasteiger partial charge in [0.15, 0.2) is 0 Å². The number of methoxy groups -OCH3 is 1. The number of halogens is 1. The molecule has 8 heteroatoms. The summed E-state index contributed by atoms with van der Waals surface area (Å²) in [7, 11) is 1.66. The second kappa shape index (κ2) is 12.3. The number of hydrogen-bond donors (Lipinski definition) is 2. The first-order chi connectivity index (χ1) is 21.0. The molecule has 2 N–H and O–H groups in total. The van der Waals surface area contributed by atoms with E-state index in [2.05, 4.69) is 35.9 Å². The number of nitrogens with one attached hydrogen (secondary N) is 2. The van der Waals surface area contributed by atoms with Crippen molar-refractivity contribution in [2.24, 2.45) is 0 Å². The Bertz CT molecular complexity index is 2160. The van der Waals surface area contributed by atoms with Crippen molar-refractivity contribution in [3.63, 3.8) is 0 Å². The van der Waals surface area contributed by atoms with E-state index in [-0.39, 0.29) is 11.1 Å².